The van der Waals surface area contributed by atoms with Gasteiger partial charge in [0.05, 0.1) is 16.3 Å². The van der Waals surface area contributed by atoms with Crippen molar-refractivity contribution in [3.8, 4) is 0 Å². The van der Waals surface area contributed by atoms with Crippen LogP contribution in [-0.2, 0) is 6.54 Å². The number of nitrogens with zero attached hydrogens (tertiary/aromatic N) is 2. The fourth-order valence-corrected chi connectivity index (χ4v) is 3.73. The Hall–Kier alpha value is -3.02. The number of para-hydroxylation sites is 1. The summed E-state index contributed by atoms with van der Waals surface area (Å²) in [6, 6.07) is 17.1. The van der Waals surface area contributed by atoms with E-state index >= 15 is 0 Å². The van der Waals surface area contributed by atoms with Crippen LogP contribution in [-0.4, -0.2) is 16.7 Å². The smallest absolute Gasteiger partial charge is 0.307 e. The highest BCUT2D eigenvalue weighted by Gasteiger charge is 2.14. The molecule has 0 bridgehead atoms. The maximum atomic E-state index is 12.2. The number of amides is 1. The fraction of sp³-hybridized carbons (Fsp3) is 0.130. The summed E-state index contributed by atoms with van der Waals surface area (Å²) in [5, 5.41) is 6.25. The molecule has 0 fully saturated rings. The molecule has 30 heavy (non-hydrogen) atoms. The van der Waals surface area contributed by atoms with Gasteiger partial charge in [-0.3, -0.25) is 4.79 Å². The van der Waals surface area contributed by atoms with E-state index in [-0.39, 0.29) is 5.76 Å². The first kappa shape index (κ1) is 20.3. The molecule has 2 aromatic carbocycles. The highest BCUT2D eigenvalue weighted by Crippen LogP contribution is 2.28. The molecule has 4 aromatic rings. The summed E-state index contributed by atoms with van der Waals surface area (Å²) in [5.74, 6) is 0.505. The molecule has 0 atom stereocenters. The van der Waals surface area contributed by atoms with Gasteiger partial charge in [-0.2, -0.15) is 5.10 Å². The molecule has 2 heterocycles. The SMILES string of the molecule is Cc1ccc(C(=O)N/N=C\c2c(C)n(Cc3ccc(Cl)c(Cl)c3)c3ccccc23)o1. The summed E-state index contributed by atoms with van der Waals surface area (Å²) in [6.45, 7) is 4.44. The highest BCUT2D eigenvalue weighted by molar-refractivity contribution is 6.42. The predicted molar refractivity (Wildman–Crippen MR) is 121 cm³/mol. The second-order valence-corrected chi connectivity index (χ2v) is 7.77. The second kappa shape index (κ2) is 8.38. The monoisotopic (exact) mass is 439 g/mol. The lowest BCUT2D eigenvalue weighted by Crippen LogP contribution is -2.16. The highest BCUT2D eigenvalue weighted by atomic mass is 35.5. The van der Waals surface area contributed by atoms with Crippen LogP contribution in [0.15, 0.2) is 64.1 Å². The summed E-state index contributed by atoms with van der Waals surface area (Å²) in [4.78, 5) is 12.2. The molecule has 2 aromatic heterocycles. The number of aromatic nitrogens is 1. The predicted octanol–water partition coefficient (Wildman–Crippen LogP) is 5.97. The van der Waals surface area contributed by atoms with E-state index in [0.717, 1.165) is 27.7 Å². The Morgan fingerprint density at radius 3 is 2.63 bits per heavy atom. The van der Waals surface area contributed by atoms with Gasteiger partial charge in [0, 0.05) is 28.7 Å². The summed E-state index contributed by atoms with van der Waals surface area (Å²) in [7, 11) is 0. The number of nitrogens with one attached hydrogen (secondary N) is 1. The number of carbonyl (C=O) groups is 1. The minimum absolute atomic E-state index is 0.225. The van der Waals surface area contributed by atoms with Gasteiger partial charge in [0.15, 0.2) is 5.76 Å². The van der Waals surface area contributed by atoms with Gasteiger partial charge in [-0.05, 0) is 49.7 Å². The molecule has 0 aliphatic heterocycles. The zero-order valence-electron chi connectivity index (χ0n) is 16.4. The average Bonchev–Trinajstić information content (AvgIpc) is 3.28. The summed E-state index contributed by atoms with van der Waals surface area (Å²) < 4.78 is 7.51. The largest absolute Gasteiger partial charge is 0.456 e. The standard InChI is InChI=1S/C23H19Cl2N3O2/c1-14-7-10-22(30-14)23(29)27-26-12-18-15(2)28(21-6-4-3-5-17(18)21)13-16-8-9-19(24)20(25)11-16/h3-12H,13H2,1-2H3,(H,27,29)/b26-12-. The molecule has 0 spiro atoms. The van der Waals surface area contributed by atoms with Crippen molar-refractivity contribution in [2.75, 3.05) is 0 Å². The Morgan fingerprint density at radius 2 is 1.90 bits per heavy atom. The van der Waals surface area contributed by atoms with E-state index in [9.17, 15) is 4.79 Å². The number of halogens is 2. The van der Waals surface area contributed by atoms with Crippen LogP contribution >= 0.6 is 23.2 Å². The molecule has 1 amide bonds. The maximum absolute atomic E-state index is 12.2. The first-order valence-corrected chi connectivity index (χ1v) is 10.1. The number of rotatable bonds is 5. The molecule has 0 saturated carbocycles. The Kier molecular flexibility index (Phi) is 5.66. The molecule has 7 heteroatoms. The van der Waals surface area contributed by atoms with Crippen molar-refractivity contribution in [1.82, 2.24) is 9.99 Å². The van der Waals surface area contributed by atoms with Crippen molar-refractivity contribution in [3.05, 3.63) is 93.0 Å². The van der Waals surface area contributed by atoms with E-state index in [4.69, 9.17) is 27.6 Å². The van der Waals surface area contributed by atoms with Gasteiger partial charge in [-0.25, -0.2) is 5.43 Å². The van der Waals surface area contributed by atoms with Crippen LogP contribution in [0.2, 0.25) is 10.0 Å². The molecule has 0 aliphatic carbocycles. The molecule has 0 radical (unpaired) electrons. The lowest BCUT2D eigenvalue weighted by Gasteiger charge is -2.09. The number of fused-ring (bicyclic) bond motifs is 1. The van der Waals surface area contributed by atoms with Crippen molar-refractivity contribution in [1.29, 1.82) is 0 Å². The second-order valence-electron chi connectivity index (χ2n) is 6.96. The van der Waals surface area contributed by atoms with E-state index in [1.165, 1.54) is 0 Å². The lowest BCUT2D eigenvalue weighted by molar-refractivity contribution is 0.0926. The topological polar surface area (TPSA) is 59.5 Å². The van der Waals surface area contributed by atoms with Gasteiger partial charge in [0.2, 0.25) is 0 Å². The fourth-order valence-electron chi connectivity index (χ4n) is 3.41. The minimum atomic E-state index is -0.392. The first-order valence-electron chi connectivity index (χ1n) is 9.35. The van der Waals surface area contributed by atoms with E-state index in [0.29, 0.717) is 22.4 Å². The Balaban J connectivity index is 1.64. The van der Waals surface area contributed by atoms with Crippen molar-refractivity contribution < 1.29 is 9.21 Å². The van der Waals surface area contributed by atoms with E-state index in [2.05, 4.69) is 21.2 Å². The van der Waals surface area contributed by atoms with Gasteiger partial charge in [-0.1, -0.05) is 47.5 Å². The Bertz CT molecular complexity index is 1270. The van der Waals surface area contributed by atoms with Crippen LogP contribution in [0.1, 0.15) is 33.1 Å². The third-order valence-electron chi connectivity index (χ3n) is 4.93. The van der Waals surface area contributed by atoms with Crippen LogP contribution < -0.4 is 5.43 Å². The van der Waals surface area contributed by atoms with Crippen LogP contribution in [0, 0.1) is 13.8 Å². The zero-order chi connectivity index (χ0) is 21.3. The molecule has 152 valence electrons. The van der Waals surface area contributed by atoms with Crippen molar-refractivity contribution >= 4 is 46.2 Å². The van der Waals surface area contributed by atoms with Crippen molar-refractivity contribution in [2.45, 2.75) is 20.4 Å². The van der Waals surface area contributed by atoms with E-state index in [1.54, 1.807) is 31.3 Å². The van der Waals surface area contributed by atoms with Gasteiger partial charge >= 0.3 is 5.91 Å². The van der Waals surface area contributed by atoms with Crippen LogP contribution in [0.4, 0.5) is 0 Å². The number of hydrogen-bond donors (Lipinski definition) is 1. The lowest BCUT2D eigenvalue weighted by atomic mass is 10.1. The Morgan fingerprint density at radius 1 is 1.10 bits per heavy atom. The summed E-state index contributed by atoms with van der Waals surface area (Å²) in [6.07, 6.45) is 1.66. The number of aryl methyl sites for hydroxylation is 1. The van der Waals surface area contributed by atoms with Gasteiger partial charge in [-0.15, -0.1) is 0 Å². The molecule has 1 N–H and O–H groups in total. The Labute approximate surface area is 183 Å². The van der Waals surface area contributed by atoms with Gasteiger partial charge < -0.3 is 8.98 Å². The number of furan rings is 1. The summed E-state index contributed by atoms with van der Waals surface area (Å²) in [5.41, 5.74) is 6.58. The van der Waals surface area contributed by atoms with Crippen molar-refractivity contribution in [2.24, 2.45) is 5.10 Å². The van der Waals surface area contributed by atoms with Gasteiger partial charge in [0.1, 0.15) is 5.76 Å². The van der Waals surface area contributed by atoms with Gasteiger partial charge in [0.25, 0.3) is 0 Å². The third kappa shape index (κ3) is 3.99. The zero-order valence-corrected chi connectivity index (χ0v) is 18.0. The summed E-state index contributed by atoms with van der Waals surface area (Å²) >= 11 is 12.2. The number of carbonyl (C=O) groups excluding carboxylic acids is 1. The number of hydrogen-bond acceptors (Lipinski definition) is 3. The quantitative estimate of drug-likeness (QED) is 0.307. The molecule has 0 aliphatic rings. The van der Waals surface area contributed by atoms with Crippen LogP contribution in [0.5, 0.6) is 0 Å². The molecule has 4 rings (SSSR count). The average molecular weight is 440 g/mol. The normalized spacial score (nSPS) is 11.5. The number of benzene rings is 2. The maximum Gasteiger partial charge on any atom is 0.307 e. The molecular weight excluding hydrogens is 421 g/mol. The number of hydrazone groups is 1. The van der Waals surface area contributed by atoms with E-state index in [1.807, 2.05) is 37.3 Å². The third-order valence-corrected chi connectivity index (χ3v) is 5.67. The molecule has 0 unspecified atom stereocenters. The first-order chi connectivity index (χ1) is 14.4. The van der Waals surface area contributed by atoms with Crippen LogP contribution in [0.25, 0.3) is 10.9 Å². The van der Waals surface area contributed by atoms with E-state index < -0.39 is 5.91 Å². The van der Waals surface area contributed by atoms with Crippen molar-refractivity contribution in [3.63, 3.8) is 0 Å². The molecule has 5 nitrogen and oxygen atoms in total. The molecule has 0 saturated heterocycles. The van der Waals surface area contributed by atoms with Crippen LogP contribution in [0.3, 0.4) is 0 Å². The minimum Gasteiger partial charge on any atom is -0.456 e. The molecular formula is C23H19Cl2N3O2.